The Morgan fingerprint density at radius 3 is 3.00 bits per heavy atom. The number of Topliss-reactive ketones (excluding diaryl/α,β-unsaturated/α-hetero) is 1. The first-order valence-corrected chi connectivity index (χ1v) is 6.19. The van der Waals surface area contributed by atoms with E-state index >= 15 is 0 Å². The molecule has 2 heterocycles. The van der Waals surface area contributed by atoms with Gasteiger partial charge in [0.05, 0.1) is 5.56 Å². The van der Waals surface area contributed by atoms with Crippen LogP contribution in [0.5, 0.6) is 0 Å². The molecule has 0 atom stereocenters. The zero-order chi connectivity index (χ0) is 13.4. The average molecular weight is 256 g/mol. The lowest BCUT2D eigenvalue weighted by atomic mass is 10.1. The van der Waals surface area contributed by atoms with Crippen molar-refractivity contribution >= 4 is 17.3 Å². The van der Waals surface area contributed by atoms with Crippen LogP contribution in [-0.4, -0.2) is 17.3 Å². The van der Waals surface area contributed by atoms with Gasteiger partial charge in [-0.2, -0.15) is 0 Å². The molecule has 0 fully saturated rings. The minimum Gasteiger partial charge on any atom is -0.325 e. The molecule has 0 bridgehead atoms. The van der Waals surface area contributed by atoms with E-state index in [0.29, 0.717) is 11.4 Å². The van der Waals surface area contributed by atoms with Gasteiger partial charge in [-0.15, -0.1) is 0 Å². The summed E-state index contributed by atoms with van der Waals surface area (Å²) >= 11 is 0. The third-order valence-electron chi connectivity index (χ3n) is 3.36. The van der Waals surface area contributed by atoms with E-state index < -0.39 is 0 Å². The largest absolute Gasteiger partial charge is 0.325 e. The number of halogens is 1. The Labute approximate surface area is 110 Å². The van der Waals surface area contributed by atoms with E-state index in [1.54, 1.807) is 24.4 Å². The maximum atomic E-state index is 13.4. The van der Waals surface area contributed by atoms with E-state index in [4.69, 9.17) is 0 Å². The molecule has 19 heavy (non-hydrogen) atoms. The molecular formula is C15H13FN2O. The predicted octanol–water partition coefficient (Wildman–Crippen LogP) is 3.12. The number of hydrogen-bond donors (Lipinski definition) is 0. The quantitative estimate of drug-likeness (QED) is 0.774. The van der Waals surface area contributed by atoms with Crippen molar-refractivity contribution in [1.29, 1.82) is 0 Å². The van der Waals surface area contributed by atoms with E-state index in [9.17, 15) is 9.18 Å². The second-order valence-electron chi connectivity index (χ2n) is 4.61. The number of pyridine rings is 1. The van der Waals surface area contributed by atoms with Crippen LogP contribution in [0, 0.1) is 5.82 Å². The van der Waals surface area contributed by atoms with Crippen molar-refractivity contribution in [3.63, 3.8) is 0 Å². The topological polar surface area (TPSA) is 33.2 Å². The summed E-state index contributed by atoms with van der Waals surface area (Å²) in [5.74, 6) is 0.304. The molecule has 0 spiro atoms. The molecule has 1 aliphatic rings. The first-order chi connectivity index (χ1) is 9.16. The van der Waals surface area contributed by atoms with Crippen molar-refractivity contribution < 1.29 is 9.18 Å². The molecule has 1 aromatic heterocycles. The standard InChI is InChI=1S/C15H13FN2O/c1-10(19)13-3-2-7-17-15(13)18-8-6-11-4-5-12(16)9-14(11)18/h2-5,7,9H,6,8H2,1H3. The van der Waals surface area contributed by atoms with Crippen molar-refractivity contribution in [2.75, 3.05) is 11.4 Å². The number of rotatable bonds is 2. The smallest absolute Gasteiger partial charge is 0.163 e. The fourth-order valence-corrected chi connectivity index (χ4v) is 2.46. The van der Waals surface area contributed by atoms with Crippen LogP contribution >= 0.6 is 0 Å². The Balaban J connectivity index is 2.11. The van der Waals surface area contributed by atoms with Gasteiger partial charge in [-0.25, -0.2) is 9.37 Å². The zero-order valence-electron chi connectivity index (χ0n) is 10.6. The van der Waals surface area contributed by atoms with E-state index in [2.05, 4.69) is 4.98 Å². The molecule has 1 aromatic carbocycles. The number of carbonyl (C=O) groups excluding carboxylic acids is 1. The van der Waals surface area contributed by atoms with Crippen LogP contribution in [0.1, 0.15) is 22.8 Å². The number of hydrogen-bond acceptors (Lipinski definition) is 3. The first kappa shape index (κ1) is 11.8. The summed E-state index contributed by atoms with van der Waals surface area (Å²) in [5.41, 5.74) is 2.46. The highest BCUT2D eigenvalue weighted by Gasteiger charge is 2.24. The predicted molar refractivity (Wildman–Crippen MR) is 71.4 cm³/mol. The van der Waals surface area contributed by atoms with Crippen molar-refractivity contribution in [2.24, 2.45) is 0 Å². The number of anilines is 2. The molecule has 0 unspecified atom stereocenters. The summed E-state index contributed by atoms with van der Waals surface area (Å²) in [4.78, 5) is 17.9. The molecule has 0 radical (unpaired) electrons. The summed E-state index contributed by atoms with van der Waals surface area (Å²) in [6.45, 7) is 2.24. The minimum atomic E-state index is -0.272. The average Bonchev–Trinajstić information content (AvgIpc) is 2.81. The lowest BCUT2D eigenvalue weighted by molar-refractivity contribution is 0.101. The molecule has 3 nitrogen and oxygen atoms in total. The van der Waals surface area contributed by atoms with Gasteiger partial charge in [0.2, 0.25) is 0 Å². The monoisotopic (exact) mass is 256 g/mol. The molecule has 1 aliphatic heterocycles. The first-order valence-electron chi connectivity index (χ1n) is 6.19. The molecule has 2 aromatic rings. The highest BCUT2D eigenvalue weighted by Crippen LogP contribution is 2.35. The number of aromatic nitrogens is 1. The van der Waals surface area contributed by atoms with Crippen LogP contribution < -0.4 is 4.90 Å². The number of carbonyl (C=O) groups is 1. The molecule has 0 amide bonds. The highest BCUT2D eigenvalue weighted by atomic mass is 19.1. The van der Waals surface area contributed by atoms with E-state index in [1.807, 2.05) is 4.90 Å². The Kier molecular flexibility index (Phi) is 2.78. The maximum absolute atomic E-state index is 13.4. The maximum Gasteiger partial charge on any atom is 0.163 e. The van der Waals surface area contributed by atoms with Gasteiger partial charge in [0.1, 0.15) is 11.6 Å². The van der Waals surface area contributed by atoms with Crippen molar-refractivity contribution in [3.05, 3.63) is 53.5 Å². The number of benzene rings is 1. The zero-order valence-corrected chi connectivity index (χ0v) is 10.6. The normalized spacial score (nSPS) is 13.5. The lowest BCUT2D eigenvalue weighted by Crippen LogP contribution is -2.18. The Bertz CT molecular complexity index is 654. The van der Waals surface area contributed by atoms with Crippen LogP contribution in [0.3, 0.4) is 0 Å². The van der Waals surface area contributed by atoms with Gasteiger partial charge in [0.25, 0.3) is 0 Å². The van der Waals surface area contributed by atoms with Crippen molar-refractivity contribution in [1.82, 2.24) is 4.98 Å². The number of ketones is 1. The SMILES string of the molecule is CC(=O)c1cccnc1N1CCc2ccc(F)cc21. The van der Waals surface area contributed by atoms with Crippen LogP contribution in [0.15, 0.2) is 36.5 Å². The summed E-state index contributed by atoms with van der Waals surface area (Å²) in [7, 11) is 0. The third kappa shape index (κ3) is 1.99. The summed E-state index contributed by atoms with van der Waals surface area (Å²) in [5, 5.41) is 0. The Morgan fingerprint density at radius 1 is 1.37 bits per heavy atom. The third-order valence-corrected chi connectivity index (χ3v) is 3.36. The molecule has 4 heteroatoms. The van der Waals surface area contributed by atoms with Crippen LogP contribution in [0.2, 0.25) is 0 Å². The van der Waals surface area contributed by atoms with Gasteiger partial charge < -0.3 is 4.90 Å². The van der Waals surface area contributed by atoms with Gasteiger partial charge >= 0.3 is 0 Å². The minimum absolute atomic E-state index is 0.0343. The lowest BCUT2D eigenvalue weighted by Gasteiger charge is -2.20. The van der Waals surface area contributed by atoms with E-state index in [1.165, 1.54) is 19.1 Å². The molecule has 3 rings (SSSR count). The fraction of sp³-hybridized carbons (Fsp3) is 0.200. The van der Waals surface area contributed by atoms with Gasteiger partial charge in [-0.1, -0.05) is 6.07 Å². The summed E-state index contributed by atoms with van der Waals surface area (Å²) < 4.78 is 13.4. The van der Waals surface area contributed by atoms with Crippen LogP contribution in [0.4, 0.5) is 15.9 Å². The second-order valence-corrected chi connectivity index (χ2v) is 4.61. The molecule has 0 aliphatic carbocycles. The molecule has 0 saturated heterocycles. The van der Waals surface area contributed by atoms with Crippen LogP contribution in [-0.2, 0) is 6.42 Å². The molecule has 96 valence electrons. The molecule has 0 saturated carbocycles. The Morgan fingerprint density at radius 2 is 2.21 bits per heavy atom. The summed E-state index contributed by atoms with van der Waals surface area (Å²) in [6.07, 6.45) is 2.49. The fourth-order valence-electron chi connectivity index (χ4n) is 2.46. The van der Waals surface area contributed by atoms with Gasteiger partial charge in [0.15, 0.2) is 5.78 Å². The van der Waals surface area contributed by atoms with Gasteiger partial charge in [-0.05, 0) is 43.2 Å². The highest BCUT2D eigenvalue weighted by molar-refractivity contribution is 5.99. The van der Waals surface area contributed by atoms with Gasteiger partial charge in [0, 0.05) is 18.4 Å². The second kappa shape index (κ2) is 4.46. The van der Waals surface area contributed by atoms with E-state index in [-0.39, 0.29) is 11.6 Å². The molecule has 0 N–H and O–H groups in total. The summed E-state index contributed by atoms with van der Waals surface area (Å²) in [6, 6.07) is 8.25. The van der Waals surface area contributed by atoms with Crippen molar-refractivity contribution in [3.8, 4) is 0 Å². The molecular weight excluding hydrogens is 243 g/mol. The Hall–Kier alpha value is -2.23. The van der Waals surface area contributed by atoms with Crippen molar-refractivity contribution in [2.45, 2.75) is 13.3 Å². The number of fused-ring (bicyclic) bond motifs is 1. The van der Waals surface area contributed by atoms with Gasteiger partial charge in [-0.3, -0.25) is 4.79 Å². The van der Waals surface area contributed by atoms with Crippen LogP contribution in [0.25, 0.3) is 0 Å². The number of nitrogens with zero attached hydrogens (tertiary/aromatic N) is 2. The van der Waals surface area contributed by atoms with E-state index in [0.717, 1.165) is 24.2 Å².